The van der Waals surface area contributed by atoms with E-state index in [1.165, 1.54) is 24.3 Å². The minimum Gasteiger partial charge on any atom is -0.507 e. The summed E-state index contributed by atoms with van der Waals surface area (Å²) in [5.74, 6) is -0.516. The van der Waals surface area contributed by atoms with Crippen molar-refractivity contribution < 1.29 is 18.6 Å². The molecular formula is C11H12O4S. The van der Waals surface area contributed by atoms with Crippen molar-refractivity contribution in [3.63, 3.8) is 0 Å². The standard InChI is InChI=1S/C11H12O4S/c1-7(6-12)11-5-8-9(13)3-2-4-10(8)16(11,14)15/h2-5,7,12-13H,6H2,1H3. The van der Waals surface area contributed by atoms with Gasteiger partial charge in [0.15, 0.2) is 0 Å². The van der Waals surface area contributed by atoms with E-state index < -0.39 is 15.8 Å². The molecule has 0 radical (unpaired) electrons. The maximum atomic E-state index is 12.0. The van der Waals surface area contributed by atoms with Crippen LogP contribution in [-0.2, 0) is 9.84 Å². The van der Waals surface area contributed by atoms with Gasteiger partial charge in [-0.25, -0.2) is 8.42 Å². The zero-order valence-electron chi connectivity index (χ0n) is 8.71. The number of hydrogen-bond acceptors (Lipinski definition) is 4. The smallest absolute Gasteiger partial charge is 0.203 e. The van der Waals surface area contributed by atoms with Crippen molar-refractivity contribution in [1.82, 2.24) is 0 Å². The molecule has 1 aromatic carbocycles. The lowest BCUT2D eigenvalue weighted by molar-refractivity contribution is 0.260. The number of phenols is 1. The Hall–Kier alpha value is -1.33. The molecule has 86 valence electrons. The normalized spacial score (nSPS) is 19.0. The molecule has 1 atom stereocenters. The monoisotopic (exact) mass is 240 g/mol. The third kappa shape index (κ3) is 1.44. The van der Waals surface area contributed by atoms with Crippen LogP contribution in [0.3, 0.4) is 0 Å². The fourth-order valence-corrected chi connectivity index (χ4v) is 3.60. The molecule has 0 spiro atoms. The maximum absolute atomic E-state index is 12.0. The van der Waals surface area contributed by atoms with Crippen molar-refractivity contribution in [3.05, 3.63) is 28.7 Å². The van der Waals surface area contributed by atoms with Gasteiger partial charge in [-0.15, -0.1) is 0 Å². The van der Waals surface area contributed by atoms with Gasteiger partial charge >= 0.3 is 0 Å². The van der Waals surface area contributed by atoms with Gasteiger partial charge in [-0.2, -0.15) is 0 Å². The van der Waals surface area contributed by atoms with Gasteiger partial charge in [0.2, 0.25) is 9.84 Å². The van der Waals surface area contributed by atoms with Gasteiger partial charge in [-0.1, -0.05) is 13.0 Å². The van der Waals surface area contributed by atoms with E-state index in [0.29, 0.717) is 5.56 Å². The molecule has 1 aliphatic rings. The molecule has 0 fully saturated rings. The molecule has 0 amide bonds. The third-order valence-electron chi connectivity index (χ3n) is 2.69. The van der Waals surface area contributed by atoms with Gasteiger partial charge in [0, 0.05) is 11.5 Å². The molecule has 1 unspecified atom stereocenters. The largest absolute Gasteiger partial charge is 0.507 e. The lowest BCUT2D eigenvalue weighted by Crippen LogP contribution is -2.11. The number of aromatic hydroxyl groups is 1. The van der Waals surface area contributed by atoms with E-state index in [1.807, 2.05) is 0 Å². The first kappa shape index (κ1) is 11.2. The summed E-state index contributed by atoms with van der Waals surface area (Å²) in [6.45, 7) is 1.39. The van der Waals surface area contributed by atoms with Crippen molar-refractivity contribution in [2.75, 3.05) is 6.61 Å². The quantitative estimate of drug-likeness (QED) is 0.813. The van der Waals surface area contributed by atoms with Gasteiger partial charge in [-0.3, -0.25) is 0 Å². The molecule has 16 heavy (non-hydrogen) atoms. The molecule has 2 N–H and O–H groups in total. The van der Waals surface area contributed by atoms with Gasteiger partial charge in [-0.05, 0) is 18.2 Å². The Bertz CT molecular complexity index is 557. The Kier molecular flexibility index (Phi) is 2.52. The number of sulfone groups is 1. The molecule has 2 rings (SSSR count). The molecule has 5 heteroatoms. The summed E-state index contributed by atoms with van der Waals surface area (Å²) in [6.07, 6.45) is 1.43. The second-order valence-corrected chi connectivity index (χ2v) is 5.74. The molecule has 0 saturated heterocycles. The summed E-state index contributed by atoms with van der Waals surface area (Å²) in [6, 6.07) is 4.39. The summed E-state index contributed by atoms with van der Waals surface area (Å²) in [5, 5.41) is 18.6. The Morgan fingerprint density at radius 2 is 2.06 bits per heavy atom. The minimum absolute atomic E-state index is 0.0544. The van der Waals surface area contributed by atoms with Gasteiger partial charge < -0.3 is 10.2 Å². The Balaban J connectivity index is 2.66. The van der Waals surface area contributed by atoms with Gasteiger partial charge in [0.25, 0.3) is 0 Å². The van der Waals surface area contributed by atoms with E-state index in [0.717, 1.165) is 0 Å². The van der Waals surface area contributed by atoms with Crippen LogP contribution in [0.25, 0.3) is 6.08 Å². The zero-order chi connectivity index (χ0) is 11.9. The highest BCUT2D eigenvalue weighted by Gasteiger charge is 2.33. The first-order chi connectivity index (χ1) is 7.48. The molecule has 0 aromatic heterocycles. The van der Waals surface area contributed by atoms with Crippen LogP contribution >= 0.6 is 0 Å². The fourth-order valence-electron chi connectivity index (χ4n) is 1.76. The molecular weight excluding hydrogens is 228 g/mol. The van der Waals surface area contributed by atoms with Crippen LogP contribution in [-0.4, -0.2) is 25.2 Å². The van der Waals surface area contributed by atoms with Crippen LogP contribution in [0.5, 0.6) is 5.75 Å². The average molecular weight is 240 g/mol. The number of hydrogen-bond donors (Lipinski definition) is 2. The van der Waals surface area contributed by atoms with Crippen LogP contribution in [0.1, 0.15) is 12.5 Å². The Morgan fingerprint density at radius 1 is 1.38 bits per heavy atom. The fraction of sp³-hybridized carbons (Fsp3) is 0.273. The number of fused-ring (bicyclic) bond motifs is 1. The van der Waals surface area contributed by atoms with Crippen LogP contribution < -0.4 is 0 Å². The van der Waals surface area contributed by atoms with E-state index in [9.17, 15) is 13.5 Å². The number of aliphatic hydroxyl groups is 1. The first-order valence-corrected chi connectivity index (χ1v) is 6.36. The van der Waals surface area contributed by atoms with Crippen molar-refractivity contribution in [2.24, 2.45) is 5.92 Å². The highest BCUT2D eigenvalue weighted by Crippen LogP contribution is 2.40. The average Bonchev–Trinajstić information content (AvgIpc) is 2.52. The molecule has 1 aromatic rings. The Labute approximate surface area is 93.8 Å². The van der Waals surface area contributed by atoms with Crippen molar-refractivity contribution in [3.8, 4) is 5.75 Å². The van der Waals surface area contributed by atoms with Crippen LogP contribution in [0.4, 0.5) is 0 Å². The molecule has 0 aliphatic carbocycles. The highest BCUT2D eigenvalue weighted by molar-refractivity contribution is 7.95. The lowest BCUT2D eigenvalue weighted by atomic mass is 10.1. The third-order valence-corrected chi connectivity index (χ3v) is 4.76. The molecule has 0 saturated carbocycles. The minimum atomic E-state index is -3.54. The predicted octanol–water partition coefficient (Wildman–Crippen LogP) is 1.15. The predicted molar refractivity (Wildman–Crippen MR) is 59.5 cm³/mol. The number of benzene rings is 1. The second kappa shape index (κ2) is 3.61. The highest BCUT2D eigenvalue weighted by atomic mass is 32.2. The van der Waals surface area contributed by atoms with E-state index in [4.69, 9.17) is 5.11 Å². The first-order valence-electron chi connectivity index (χ1n) is 4.88. The lowest BCUT2D eigenvalue weighted by Gasteiger charge is -2.08. The van der Waals surface area contributed by atoms with E-state index >= 15 is 0 Å². The molecule has 1 heterocycles. The maximum Gasteiger partial charge on any atom is 0.203 e. The Morgan fingerprint density at radius 3 is 2.62 bits per heavy atom. The number of aliphatic hydroxyl groups excluding tert-OH is 1. The zero-order valence-corrected chi connectivity index (χ0v) is 9.53. The van der Waals surface area contributed by atoms with Crippen LogP contribution in [0, 0.1) is 5.92 Å². The van der Waals surface area contributed by atoms with Crippen molar-refractivity contribution in [2.45, 2.75) is 11.8 Å². The summed E-state index contributed by atoms with van der Waals surface area (Å²) in [7, 11) is -3.54. The second-order valence-electron chi connectivity index (χ2n) is 3.82. The van der Waals surface area contributed by atoms with E-state index in [2.05, 4.69) is 0 Å². The molecule has 1 aliphatic heterocycles. The van der Waals surface area contributed by atoms with Gasteiger partial charge in [0.05, 0.1) is 16.4 Å². The number of phenolic OH excluding ortho intramolecular Hbond substituents is 1. The summed E-state index contributed by atoms with van der Waals surface area (Å²) in [5.41, 5.74) is 0.317. The van der Waals surface area contributed by atoms with Crippen molar-refractivity contribution >= 4 is 15.9 Å². The van der Waals surface area contributed by atoms with Crippen molar-refractivity contribution in [1.29, 1.82) is 0 Å². The van der Waals surface area contributed by atoms with Crippen LogP contribution in [0.15, 0.2) is 28.0 Å². The summed E-state index contributed by atoms with van der Waals surface area (Å²) >= 11 is 0. The molecule has 4 nitrogen and oxygen atoms in total. The molecule has 0 bridgehead atoms. The topological polar surface area (TPSA) is 74.6 Å². The van der Waals surface area contributed by atoms with E-state index in [-0.39, 0.29) is 22.2 Å². The van der Waals surface area contributed by atoms with Crippen LogP contribution in [0.2, 0.25) is 0 Å². The SMILES string of the molecule is CC(CO)C1=Cc2c(O)cccc2S1(=O)=O. The summed E-state index contributed by atoms with van der Waals surface area (Å²) in [4.78, 5) is 0.273. The van der Waals surface area contributed by atoms with Gasteiger partial charge in [0.1, 0.15) is 5.75 Å². The van der Waals surface area contributed by atoms with E-state index in [1.54, 1.807) is 6.92 Å². The summed E-state index contributed by atoms with van der Waals surface area (Å²) < 4.78 is 24.1. The number of rotatable bonds is 2.